The van der Waals surface area contributed by atoms with Gasteiger partial charge in [-0.2, -0.15) is 0 Å². The van der Waals surface area contributed by atoms with Crippen LogP contribution in [0.5, 0.6) is 0 Å². The fraction of sp³-hybridized carbons (Fsp3) is 0.286. The van der Waals surface area contributed by atoms with Gasteiger partial charge in [0, 0.05) is 0 Å². The number of rotatable bonds is 3. The van der Waals surface area contributed by atoms with Gasteiger partial charge in [-0.1, -0.05) is 0 Å². The Bertz CT molecular complexity index is 136. The molecule has 0 atom stereocenters. The van der Waals surface area contributed by atoms with Crippen molar-refractivity contribution in [1.82, 2.24) is 0 Å². The maximum absolute atomic E-state index is 10.3. The van der Waals surface area contributed by atoms with Crippen LogP contribution in [0.1, 0.15) is 13.3 Å². The standard InChI is InChI=1S/C7H9O.Na/c1-3-4-5-6-7(2)8;/h1,3-5H,6H2,2H3;. The molecule has 0 aromatic heterocycles. The van der Waals surface area contributed by atoms with Crippen LogP contribution in [-0.4, -0.2) is 33.7 Å². The molecule has 0 unspecified atom stereocenters. The Morgan fingerprint density at radius 1 is 1.56 bits per heavy atom. The summed E-state index contributed by atoms with van der Waals surface area (Å²) in [5, 5.41) is 0. The first-order chi connectivity index (χ1) is 4.27. The maximum atomic E-state index is 10.3. The number of carbonyl (C=O) groups excluding carboxylic acids is 1. The van der Waals surface area contributed by atoms with E-state index in [1.807, 2.05) is 18.2 Å². The topological polar surface area (TPSA) is 17.1 Å². The van der Waals surface area contributed by atoms with E-state index >= 15 is 0 Å². The molecule has 0 aromatic carbocycles. The van der Waals surface area contributed by atoms with E-state index in [0.717, 1.165) is 27.9 Å². The molecule has 1 nitrogen and oxygen atoms in total. The third kappa shape index (κ3) is 8.15. The Labute approximate surface area is 73.2 Å². The summed E-state index contributed by atoms with van der Waals surface area (Å²) in [6, 6.07) is 0. The van der Waals surface area contributed by atoms with Crippen molar-refractivity contribution >= 4 is 33.7 Å². The molecule has 0 heterocycles. The van der Waals surface area contributed by atoms with Gasteiger partial charge in [-0.15, -0.1) is 0 Å². The molecule has 0 rings (SSSR count). The Kier molecular flexibility index (Phi) is 6.38. The third-order valence-corrected chi connectivity index (χ3v) is 1.23. The minimum atomic E-state index is 0.216. The molecule has 0 aliphatic heterocycles. The summed E-state index contributed by atoms with van der Waals surface area (Å²) in [7, 11) is 0. The number of hydrogen-bond donors (Lipinski definition) is 0. The Hall–Kier alpha value is 0.150. The van der Waals surface area contributed by atoms with Crippen LogP contribution in [0.25, 0.3) is 0 Å². The summed E-state index contributed by atoms with van der Waals surface area (Å²) < 4.78 is 2.07. The van der Waals surface area contributed by atoms with Gasteiger partial charge in [0.15, 0.2) is 0 Å². The second-order valence-corrected chi connectivity index (χ2v) is 2.53. The van der Waals surface area contributed by atoms with Crippen molar-refractivity contribution in [3.63, 3.8) is 0 Å². The van der Waals surface area contributed by atoms with Crippen LogP contribution < -0.4 is 0 Å². The summed E-state index contributed by atoms with van der Waals surface area (Å²) in [6.07, 6.45) is 6.31. The van der Waals surface area contributed by atoms with Crippen LogP contribution >= 0.6 is 0 Å². The number of hydrogen-bond acceptors (Lipinski definition) is 1. The van der Waals surface area contributed by atoms with Crippen LogP contribution in [0.2, 0.25) is 0 Å². The van der Waals surface area contributed by atoms with E-state index < -0.39 is 0 Å². The van der Waals surface area contributed by atoms with E-state index in [4.69, 9.17) is 0 Å². The van der Waals surface area contributed by atoms with Crippen LogP contribution in [0.3, 0.4) is 0 Å². The first-order valence-electron chi connectivity index (χ1n) is 3.04. The Balaban J connectivity index is 3.36. The number of Topliss-reactive ketones (excluding diaryl/α,β-unsaturated/α-hetero) is 1. The summed E-state index contributed by atoms with van der Waals surface area (Å²) in [4.78, 5) is 10.3. The van der Waals surface area contributed by atoms with E-state index in [-0.39, 0.29) is 5.78 Å². The minimum absolute atomic E-state index is 0.216. The number of ketones is 1. The molecule has 0 spiro atoms. The van der Waals surface area contributed by atoms with E-state index in [1.165, 1.54) is 0 Å². The summed E-state index contributed by atoms with van der Waals surface area (Å²) >= 11 is 1.09. The van der Waals surface area contributed by atoms with Gasteiger partial charge < -0.3 is 0 Å². The second-order valence-electron chi connectivity index (χ2n) is 1.86. The van der Waals surface area contributed by atoms with Gasteiger partial charge in [-0.05, 0) is 0 Å². The molecule has 0 saturated heterocycles. The van der Waals surface area contributed by atoms with Crippen LogP contribution in [0.15, 0.2) is 21.6 Å². The molecule has 2 heteroatoms. The molecular weight excluding hydrogens is 123 g/mol. The monoisotopic (exact) mass is 132 g/mol. The van der Waals surface area contributed by atoms with Gasteiger partial charge in [0.2, 0.25) is 0 Å². The summed E-state index contributed by atoms with van der Waals surface area (Å²) in [6.45, 7) is 1.59. The van der Waals surface area contributed by atoms with E-state index in [0.29, 0.717) is 6.42 Å². The van der Waals surface area contributed by atoms with E-state index in [1.54, 1.807) is 6.92 Å². The van der Waals surface area contributed by atoms with Crippen molar-refractivity contribution in [1.29, 1.82) is 0 Å². The van der Waals surface area contributed by atoms with Gasteiger partial charge in [-0.3, -0.25) is 0 Å². The van der Waals surface area contributed by atoms with Crippen molar-refractivity contribution in [2.24, 2.45) is 0 Å². The molecule has 0 aromatic rings. The van der Waals surface area contributed by atoms with Gasteiger partial charge in [0.25, 0.3) is 0 Å². The zero-order valence-corrected chi connectivity index (χ0v) is 7.92. The van der Waals surface area contributed by atoms with Gasteiger partial charge >= 0.3 is 73.4 Å². The fourth-order valence-electron chi connectivity index (χ4n) is 0.424. The average Bonchev–Trinajstić information content (AvgIpc) is 1.80. The van der Waals surface area contributed by atoms with Crippen molar-refractivity contribution in [2.75, 3.05) is 0 Å². The van der Waals surface area contributed by atoms with Gasteiger partial charge in [-0.25, -0.2) is 0 Å². The Morgan fingerprint density at radius 2 is 2.22 bits per heavy atom. The molecule has 0 radical (unpaired) electrons. The number of allylic oxidation sites excluding steroid dienone is 3. The zero-order chi connectivity index (χ0) is 7.11. The first kappa shape index (κ1) is 9.15. The molecule has 0 saturated carbocycles. The molecule has 0 fully saturated rings. The molecular formula is C7H9NaO. The quantitative estimate of drug-likeness (QED) is 0.416. The van der Waals surface area contributed by atoms with Crippen LogP contribution in [0, 0.1) is 0 Å². The molecule has 0 amide bonds. The van der Waals surface area contributed by atoms with Gasteiger partial charge in [0.05, 0.1) is 0 Å². The van der Waals surface area contributed by atoms with Crippen molar-refractivity contribution < 1.29 is 4.79 Å². The number of carbonyl (C=O) groups is 1. The van der Waals surface area contributed by atoms with Crippen LogP contribution in [-0.2, 0) is 4.79 Å². The first-order valence-corrected chi connectivity index (χ1v) is 4.20. The molecule has 0 N–H and O–H groups in total. The van der Waals surface area contributed by atoms with Crippen LogP contribution in [0.4, 0.5) is 0 Å². The Morgan fingerprint density at radius 3 is 2.67 bits per heavy atom. The molecule has 0 aliphatic rings. The normalized spacial score (nSPS) is 11.4. The van der Waals surface area contributed by atoms with Crippen molar-refractivity contribution in [3.05, 3.63) is 21.6 Å². The van der Waals surface area contributed by atoms with Crippen molar-refractivity contribution in [2.45, 2.75) is 13.3 Å². The average molecular weight is 132 g/mol. The fourth-order valence-corrected chi connectivity index (χ4v) is 0.646. The summed E-state index contributed by atoms with van der Waals surface area (Å²) in [5.41, 5.74) is 0. The second kappa shape index (κ2) is 6.27. The van der Waals surface area contributed by atoms with Gasteiger partial charge in [0.1, 0.15) is 0 Å². The zero-order valence-electron chi connectivity index (χ0n) is 5.92. The van der Waals surface area contributed by atoms with E-state index in [9.17, 15) is 4.79 Å². The molecule has 44 valence electrons. The SMILES string of the molecule is CC(=O)CC=CC=[CH][Na]. The predicted molar refractivity (Wildman–Crippen MR) is 39.3 cm³/mol. The summed E-state index contributed by atoms with van der Waals surface area (Å²) in [5.74, 6) is 0.216. The predicted octanol–water partition coefficient (Wildman–Crippen LogP) is 1.20. The molecule has 0 bridgehead atoms. The van der Waals surface area contributed by atoms with Crippen molar-refractivity contribution in [3.8, 4) is 0 Å². The van der Waals surface area contributed by atoms with E-state index in [2.05, 4.69) is 3.33 Å². The third-order valence-electron chi connectivity index (χ3n) is 0.845. The molecule has 0 aliphatic carbocycles. The molecule has 9 heavy (non-hydrogen) atoms.